The standard InChI is InChI=1S/C16H25ClN4/c1-6-20(7-2)10-12(4)21-15(13(5)17)19-14-9-8-11(3)18-16(14)21/h8-9,12-13H,6-7,10H2,1-5H3. The van der Waals surface area contributed by atoms with Crippen LogP contribution in [0.1, 0.15) is 50.6 Å². The van der Waals surface area contributed by atoms with Crippen LogP contribution in [0.4, 0.5) is 0 Å². The predicted molar refractivity (Wildman–Crippen MR) is 89.0 cm³/mol. The number of pyridine rings is 1. The number of aryl methyl sites for hydroxylation is 1. The molecule has 116 valence electrons. The van der Waals surface area contributed by atoms with E-state index in [-0.39, 0.29) is 5.38 Å². The van der Waals surface area contributed by atoms with E-state index in [1.54, 1.807) is 0 Å². The largest absolute Gasteiger partial charge is 0.307 e. The Labute approximate surface area is 132 Å². The van der Waals surface area contributed by atoms with Crippen molar-refractivity contribution in [3.63, 3.8) is 0 Å². The molecular weight excluding hydrogens is 284 g/mol. The number of aromatic nitrogens is 3. The van der Waals surface area contributed by atoms with Gasteiger partial charge in [-0.1, -0.05) is 13.8 Å². The number of rotatable bonds is 6. The zero-order valence-electron chi connectivity index (χ0n) is 13.6. The molecule has 2 aromatic rings. The Morgan fingerprint density at radius 3 is 2.43 bits per heavy atom. The van der Waals surface area contributed by atoms with Gasteiger partial charge >= 0.3 is 0 Å². The molecule has 2 rings (SSSR count). The minimum atomic E-state index is -0.126. The highest BCUT2D eigenvalue weighted by Gasteiger charge is 2.21. The third-order valence-corrected chi connectivity index (χ3v) is 4.11. The van der Waals surface area contributed by atoms with E-state index in [4.69, 9.17) is 11.6 Å². The molecule has 2 unspecified atom stereocenters. The number of likely N-dealkylation sites (N-methyl/N-ethyl adjacent to an activating group) is 1. The van der Waals surface area contributed by atoms with E-state index < -0.39 is 0 Å². The molecule has 4 nitrogen and oxygen atoms in total. The van der Waals surface area contributed by atoms with Gasteiger partial charge in [0.25, 0.3) is 0 Å². The van der Waals surface area contributed by atoms with E-state index in [0.717, 1.165) is 42.3 Å². The fourth-order valence-corrected chi connectivity index (χ4v) is 2.89. The molecule has 0 saturated carbocycles. The lowest BCUT2D eigenvalue weighted by molar-refractivity contribution is 0.261. The lowest BCUT2D eigenvalue weighted by Crippen LogP contribution is -2.30. The monoisotopic (exact) mass is 308 g/mol. The molecule has 0 radical (unpaired) electrons. The molecule has 0 fully saturated rings. The summed E-state index contributed by atoms with van der Waals surface area (Å²) in [5, 5.41) is -0.126. The summed E-state index contributed by atoms with van der Waals surface area (Å²) in [6.07, 6.45) is 0. The molecule has 5 heteroatoms. The summed E-state index contributed by atoms with van der Waals surface area (Å²) in [6, 6.07) is 4.32. The second-order valence-corrected chi connectivity index (χ2v) is 6.24. The normalized spacial score (nSPS) is 14.8. The van der Waals surface area contributed by atoms with Crippen molar-refractivity contribution in [3.05, 3.63) is 23.7 Å². The number of fused-ring (bicyclic) bond motifs is 1. The summed E-state index contributed by atoms with van der Waals surface area (Å²) in [7, 11) is 0. The fourth-order valence-electron chi connectivity index (χ4n) is 2.74. The Kier molecular flexibility index (Phi) is 5.22. The van der Waals surface area contributed by atoms with E-state index in [2.05, 4.69) is 40.2 Å². The molecule has 2 atom stereocenters. The van der Waals surface area contributed by atoms with Gasteiger partial charge in [-0.05, 0) is 46.0 Å². The van der Waals surface area contributed by atoms with Crippen LogP contribution in [-0.4, -0.2) is 39.1 Å². The quantitative estimate of drug-likeness (QED) is 0.758. The number of halogens is 1. The Morgan fingerprint density at radius 2 is 1.86 bits per heavy atom. The minimum absolute atomic E-state index is 0.126. The number of hydrogen-bond donors (Lipinski definition) is 0. The van der Waals surface area contributed by atoms with Gasteiger partial charge in [-0.25, -0.2) is 9.97 Å². The van der Waals surface area contributed by atoms with Gasteiger partial charge in [-0.3, -0.25) is 0 Å². The minimum Gasteiger partial charge on any atom is -0.307 e. The van der Waals surface area contributed by atoms with Gasteiger partial charge in [-0.2, -0.15) is 0 Å². The molecule has 0 bridgehead atoms. The zero-order valence-corrected chi connectivity index (χ0v) is 14.4. The fraction of sp³-hybridized carbons (Fsp3) is 0.625. The van der Waals surface area contributed by atoms with E-state index in [9.17, 15) is 0 Å². The van der Waals surface area contributed by atoms with Gasteiger partial charge in [0, 0.05) is 18.3 Å². The molecule has 0 aliphatic rings. The molecule has 0 spiro atoms. The van der Waals surface area contributed by atoms with E-state index in [1.165, 1.54) is 0 Å². The van der Waals surface area contributed by atoms with Crippen LogP contribution < -0.4 is 0 Å². The summed E-state index contributed by atoms with van der Waals surface area (Å²) in [4.78, 5) is 11.8. The average Bonchev–Trinajstić information content (AvgIpc) is 2.83. The first kappa shape index (κ1) is 16.2. The van der Waals surface area contributed by atoms with Gasteiger partial charge < -0.3 is 9.47 Å². The Hall–Kier alpha value is -1.13. The third-order valence-electron chi connectivity index (χ3n) is 3.92. The highest BCUT2D eigenvalue weighted by atomic mass is 35.5. The predicted octanol–water partition coefficient (Wildman–Crippen LogP) is 3.94. The van der Waals surface area contributed by atoms with Crippen LogP contribution in [0.25, 0.3) is 11.2 Å². The smallest absolute Gasteiger partial charge is 0.160 e. The van der Waals surface area contributed by atoms with E-state index >= 15 is 0 Å². The van der Waals surface area contributed by atoms with Crippen LogP contribution in [-0.2, 0) is 0 Å². The zero-order chi connectivity index (χ0) is 15.6. The Balaban J connectivity index is 2.48. The van der Waals surface area contributed by atoms with Gasteiger partial charge in [-0.15, -0.1) is 11.6 Å². The molecule has 21 heavy (non-hydrogen) atoms. The molecule has 0 aliphatic carbocycles. The summed E-state index contributed by atoms with van der Waals surface area (Å²) >= 11 is 6.34. The second-order valence-electron chi connectivity index (χ2n) is 5.59. The Bertz CT molecular complexity index is 602. The first-order chi connectivity index (χ1) is 9.97. The molecule has 0 aliphatic heterocycles. The van der Waals surface area contributed by atoms with Gasteiger partial charge in [0.1, 0.15) is 11.3 Å². The van der Waals surface area contributed by atoms with Crippen molar-refractivity contribution < 1.29 is 0 Å². The maximum absolute atomic E-state index is 6.34. The van der Waals surface area contributed by atoms with Crippen molar-refractivity contribution in [1.82, 2.24) is 19.4 Å². The average molecular weight is 309 g/mol. The number of hydrogen-bond acceptors (Lipinski definition) is 3. The van der Waals surface area contributed by atoms with Crippen LogP contribution >= 0.6 is 11.6 Å². The molecule has 0 aromatic carbocycles. The van der Waals surface area contributed by atoms with Crippen molar-refractivity contribution in [2.24, 2.45) is 0 Å². The van der Waals surface area contributed by atoms with Crippen molar-refractivity contribution in [1.29, 1.82) is 0 Å². The van der Waals surface area contributed by atoms with E-state index in [0.29, 0.717) is 6.04 Å². The highest BCUT2D eigenvalue weighted by molar-refractivity contribution is 6.20. The third kappa shape index (κ3) is 3.38. The SMILES string of the molecule is CCN(CC)CC(C)n1c(C(C)Cl)nc2ccc(C)nc21. The molecule has 2 aromatic heterocycles. The van der Waals surface area contributed by atoms with Crippen LogP contribution in [0.3, 0.4) is 0 Å². The van der Waals surface area contributed by atoms with Crippen molar-refractivity contribution >= 4 is 22.8 Å². The summed E-state index contributed by atoms with van der Waals surface area (Å²) in [5.74, 6) is 0.907. The number of alkyl halides is 1. The van der Waals surface area contributed by atoms with Crippen LogP contribution in [0.15, 0.2) is 12.1 Å². The maximum atomic E-state index is 6.34. The second kappa shape index (κ2) is 6.75. The van der Waals surface area contributed by atoms with Crippen LogP contribution in [0.2, 0.25) is 0 Å². The van der Waals surface area contributed by atoms with Gasteiger partial charge in [0.2, 0.25) is 0 Å². The highest BCUT2D eigenvalue weighted by Crippen LogP contribution is 2.27. The molecule has 0 saturated heterocycles. The molecule has 0 amide bonds. The number of nitrogens with zero attached hydrogens (tertiary/aromatic N) is 4. The first-order valence-corrected chi connectivity index (χ1v) is 8.13. The van der Waals surface area contributed by atoms with Crippen LogP contribution in [0.5, 0.6) is 0 Å². The van der Waals surface area contributed by atoms with E-state index in [1.807, 2.05) is 26.0 Å². The van der Waals surface area contributed by atoms with Crippen molar-refractivity contribution in [3.8, 4) is 0 Å². The number of imidazole rings is 1. The Morgan fingerprint density at radius 1 is 1.19 bits per heavy atom. The van der Waals surface area contributed by atoms with Gasteiger partial charge in [0.15, 0.2) is 5.65 Å². The van der Waals surface area contributed by atoms with Crippen molar-refractivity contribution in [2.75, 3.05) is 19.6 Å². The summed E-state index contributed by atoms with van der Waals surface area (Å²) in [5.41, 5.74) is 2.87. The lowest BCUT2D eigenvalue weighted by atomic mass is 10.2. The molecule has 2 heterocycles. The molecule has 0 N–H and O–H groups in total. The van der Waals surface area contributed by atoms with Crippen LogP contribution in [0, 0.1) is 6.92 Å². The summed E-state index contributed by atoms with van der Waals surface area (Å²) < 4.78 is 2.21. The molecular formula is C16H25ClN4. The van der Waals surface area contributed by atoms with Gasteiger partial charge in [0.05, 0.1) is 5.38 Å². The first-order valence-electron chi connectivity index (χ1n) is 7.69. The maximum Gasteiger partial charge on any atom is 0.160 e. The topological polar surface area (TPSA) is 34.0 Å². The summed E-state index contributed by atoms with van der Waals surface area (Å²) in [6.45, 7) is 13.6. The van der Waals surface area contributed by atoms with Crippen molar-refractivity contribution in [2.45, 2.75) is 46.0 Å². The lowest BCUT2D eigenvalue weighted by Gasteiger charge is -2.25.